The van der Waals surface area contributed by atoms with Crippen LogP contribution in [0, 0.1) is 25.5 Å². The van der Waals surface area contributed by atoms with Gasteiger partial charge >= 0.3 is 0 Å². The fraction of sp³-hybridized carbons (Fsp3) is 0.294. The second-order valence-corrected chi connectivity index (χ2v) is 4.97. The van der Waals surface area contributed by atoms with Gasteiger partial charge in [-0.3, -0.25) is 0 Å². The second-order valence-electron chi connectivity index (χ2n) is 4.97. The van der Waals surface area contributed by atoms with Crippen molar-refractivity contribution in [2.75, 3.05) is 6.54 Å². The molecule has 1 nitrogen and oxygen atoms in total. The SMILES string of the molecule is CCNC(c1ccc(C)c(C)c1)c1c(F)cccc1F. The Kier molecular flexibility index (Phi) is 4.50. The van der Waals surface area contributed by atoms with Gasteiger partial charge in [-0.25, -0.2) is 8.78 Å². The molecule has 0 aliphatic heterocycles. The van der Waals surface area contributed by atoms with E-state index in [0.29, 0.717) is 6.54 Å². The molecule has 0 saturated carbocycles. The summed E-state index contributed by atoms with van der Waals surface area (Å²) in [6.07, 6.45) is 0. The smallest absolute Gasteiger partial charge is 0.131 e. The summed E-state index contributed by atoms with van der Waals surface area (Å²) in [5.41, 5.74) is 3.23. The highest BCUT2D eigenvalue weighted by Crippen LogP contribution is 2.28. The third-order valence-electron chi connectivity index (χ3n) is 3.56. The van der Waals surface area contributed by atoms with Crippen LogP contribution in [0.4, 0.5) is 8.78 Å². The van der Waals surface area contributed by atoms with E-state index in [1.54, 1.807) is 0 Å². The summed E-state index contributed by atoms with van der Waals surface area (Å²) in [5.74, 6) is -1.04. The van der Waals surface area contributed by atoms with E-state index in [0.717, 1.165) is 16.7 Å². The van der Waals surface area contributed by atoms with Crippen LogP contribution in [0.25, 0.3) is 0 Å². The topological polar surface area (TPSA) is 12.0 Å². The average Bonchev–Trinajstić information content (AvgIpc) is 2.41. The number of rotatable bonds is 4. The van der Waals surface area contributed by atoms with E-state index in [9.17, 15) is 8.78 Å². The van der Waals surface area contributed by atoms with Crippen LogP contribution < -0.4 is 5.32 Å². The molecule has 1 atom stereocenters. The first-order valence-electron chi connectivity index (χ1n) is 6.79. The summed E-state index contributed by atoms with van der Waals surface area (Å²) >= 11 is 0. The van der Waals surface area contributed by atoms with Gasteiger partial charge in [0.05, 0.1) is 6.04 Å². The van der Waals surface area contributed by atoms with Crippen LogP contribution in [0.2, 0.25) is 0 Å². The minimum Gasteiger partial charge on any atom is -0.306 e. The maximum atomic E-state index is 14.0. The van der Waals surface area contributed by atoms with E-state index in [-0.39, 0.29) is 5.56 Å². The fourth-order valence-electron chi connectivity index (χ4n) is 2.32. The summed E-state index contributed by atoms with van der Waals surface area (Å²) in [6.45, 7) is 6.57. The molecule has 1 N–H and O–H groups in total. The molecule has 0 radical (unpaired) electrons. The first kappa shape index (κ1) is 14.7. The molecular formula is C17H19F2N. The van der Waals surface area contributed by atoms with Gasteiger partial charge in [-0.15, -0.1) is 0 Å². The van der Waals surface area contributed by atoms with Crippen molar-refractivity contribution in [2.24, 2.45) is 0 Å². The van der Waals surface area contributed by atoms with Crippen molar-refractivity contribution in [1.29, 1.82) is 0 Å². The first-order chi connectivity index (χ1) is 9.54. The monoisotopic (exact) mass is 275 g/mol. The molecule has 0 spiro atoms. The number of benzene rings is 2. The molecule has 0 saturated heterocycles. The minimum absolute atomic E-state index is 0.0811. The molecule has 106 valence electrons. The lowest BCUT2D eigenvalue weighted by Crippen LogP contribution is -2.24. The Morgan fingerprint density at radius 1 is 1.00 bits per heavy atom. The van der Waals surface area contributed by atoms with Crippen LogP contribution in [0.5, 0.6) is 0 Å². The molecule has 0 aromatic heterocycles. The molecule has 2 rings (SSSR count). The Hall–Kier alpha value is -1.74. The molecule has 0 heterocycles. The number of hydrogen-bond acceptors (Lipinski definition) is 1. The lowest BCUT2D eigenvalue weighted by atomic mass is 9.95. The third-order valence-corrected chi connectivity index (χ3v) is 3.56. The standard InChI is InChI=1S/C17H19F2N/c1-4-20-17(13-9-8-11(2)12(3)10-13)16-14(18)6-5-7-15(16)19/h5-10,17,20H,4H2,1-3H3. The lowest BCUT2D eigenvalue weighted by molar-refractivity contribution is 0.510. The van der Waals surface area contributed by atoms with Gasteiger partial charge in [-0.05, 0) is 49.2 Å². The zero-order valence-corrected chi connectivity index (χ0v) is 12.0. The quantitative estimate of drug-likeness (QED) is 0.878. The Labute approximate surface area is 118 Å². The lowest BCUT2D eigenvalue weighted by Gasteiger charge is -2.21. The molecular weight excluding hydrogens is 256 g/mol. The first-order valence-corrected chi connectivity index (χ1v) is 6.79. The van der Waals surface area contributed by atoms with Gasteiger partial charge in [-0.1, -0.05) is 31.2 Å². The Bertz CT molecular complexity index is 588. The van der Waals surface area contributed by atoms with Crippen molar-refractivity contribution in [3.8, 4) is 0 Å². The van der Waals surface area contributed by atoms with Crippen molar-refractivity contribution in [1.82, 2.24) is 5.32 Å². The maximum absolute atomic E-state index is 14.0. The van der Waals surface area contributed by atoms with Crippen molar-refractivity contribution >= 4 is 0 Å². The van der Waals surface area contributed by atoms with Crippen molar-refractivity contribution < 1.29 is 8.78 Å². The normalized spacial score (nSPS) is 12.4. The van der Waals surface area contributed by atoms with Crippen molar-refractivity contribution in [3.63, 3.8) is 0 Å². The molecule has 2 aromatic carbocycles. The molecule has 20 heavy (non-hydrogen) atoms. The third kappa shape index (κ3) is 2.88. The largest absolute Gasteiger partial charge is 0.306 e. The summed E-state index contributed by atoms with van der Waals surface area (Å²) in [5, 5.41) is 3.16. The highest BCUT2D eigenvalue weighted by atomic mass is 19.1. The Balaban J connectivity index is 2.53. The molecule has 0 fully saturated rings. The van der Waals surface area contributed by atoms with Crippen LogP contribution >= 0.6 is 0 Å². The van der Waals surface area contributed by atoms with E-state index in [2.05, 4.69) is 5.32 Å². The highest BCUT2D eigenvalue weighted by molar-refractivity contribution is 5.38. The summed E-state index contributed by atoms with van der Waals surface area (Å²) in [4.78, 5) is 0. The van der Waals surface area contributed by atoms with Gasteiger partial charge in [0.1, 0.15) is 11.6 Å². The second kappa shape index (κ2) is 6.14. The number of halogens is 2. The Morgan fingerprint density at radius 3 is 2.20 bits per heavy atom. The number of nitrogens with one attached hydrogen (secondary N) is 1. The van der Waals surface area contributed by atoms with Crippen LogP contribution in [-0.4, -0.2) is 6.54 Å². The van der Waals surface area contributed by atoms with Gasteiger partial charge in [0.2, 0.25) is 0 Å². The molecule has 0 aliphatic rings. The van der Waals surface area contributed by atoms with E-state index >= 15 is 0 Å². The average molecular weight is 275 g/mol. The van der Waals surface area contributed by atoms with Gasteiger partial charge in [-0.2, -0.15) is 0 Å². The van der Waals surface area contributed by atoms with Gasteiger partial charge in [0.25, 0.3) is 0 Å². The zero-order valence-electron chi connectivity index (χ0n) is 12.0. The fourth-order valence-corrected chi connectivity index (χ4v) is 2.32. The van der Waals surface area contributed by atoms with Crippen molar-refractivity contribution in [3.05, 3.63) is 70.3 Å². The number of hydrogen-bond donors (Lipinski definition) is 1. The maximum Gasteiger partial charge on any atom is 0.131 e. The van der Waals surface area contributed by atoms with Gasteiger partial charge in [0, 0.05) is 5.56 Å². The molecule has 3 heteroatoms. The molecule has 0 amide bonds. The molecule has 0 bridgehead atoms. The van der Waals surface area contributed by atoms with Gasteiger partial charge < -0.3 is 5.32 Å². The zero-order chi connectivity index (χ0) is 14.7. The van der Waals surface area contributed by atoms with Crippen LogP contribution in [-0.2, 0) is 0 Å². The van der Waals surface area contributed by atoms with E-state index in [1.807, 2.05) is 39.0 Å². The summed E-state index contributed by atoms with van der Waals surface area (Å²) < 4.78 is 28.0. The highest BCUT2D eigenvalue weighted by Gasteiger charge is 2.21. The van der Waals surface area contributed by atoms with E-state index in [1.165, 1.54) is 18.2 Å². The number of aryl methyl sites for hydroxylation is 2. The summed E-state index contributed by atoms with van der Waals surface area (Å²) in [7, 11) is 0. The van der Waals surface area contributed by atoms with Crippen LogP contribution in [0.3, 0.4) is 0 Å². The molecule has 2 aromatic rings. The molecule has 1 unspecified atom stereocenters. The van der Waals surface area contributed by atoms with E-state index < -0.39 is 17.7 Å². The van der Waals surface area contributed by atoms with Crippen molar-refractivity contribution in [2.45, 2.75) is 26.8 Å². The summed E-state index contributed by atoms with van der Waals surface area (Å²) in [6, 6.07) is 9.38. The van der Waals surface area contributed by atoms with Gasteiger partial charge in [0.15, 0.2) is 0 Å². The predicted molar refractivity (Wildman–Crippen MR) is 77.8 cm³/mol. The molecule has 0 aliphatic carbocycles. The van der Waals surface area contributed by atoms with Crippen LogP contribution in [0.15, 0.2) is 36.4 Å². The predicted octanol–water partition coefficient (Wildman–Crippen LogP) is 4.28. The van der Waals surface area contributed by atoms with E-state index in [4.69, 9.17) is 0 Å². The van der Waals surface area contributed by atoms with Crippen LogP contribution in [0.1, 0.15) is 35.2 Å². The Morgan fingerprint density at radius 2 is 1.65 bits per heavy atom. The minimum atomic E-state index is -0.519.